The van der Waals surface area contributed by atoms with Crippen LogP contribution in [0.5, 0.6) is 11.5 Å². The lowest BCUT2D eigenvalue weighted by atomic mass is 9.89. The highest BCUT2D eigenvalue weighted by Crippen LogP contribution is 2.38. The number of hydrogen-bond donors (Lipinski definition) is 1. The second-order valence-corrected chi connectivity index (χ2v) is 8.47. The smallest absolute Gasteiger partial charge is 0.133 e. The first kappa shape index (κ1) is 21.2. The number of nitrogens with zero attached hydrogens (tertiary/aromatic N) is 1. The van der Waals surface area contributed by atoms with Crippen molar-refractivity contribution in [2.45, 2.75) is 62.7 Å². The highest BCUT2D eigenvalue weighted by Gasteiger charge is 2.15. The number of unbranched alkanes of at least 4 members (excludes halogenated alkanes) is 2. The van der Waals surface area contributed by atoms with Crippen molar-refractivity contribution >= 4 is 11.8 Å². The summed E-state index contributed by atoms with van der Waals surface area (Å²) < 4.78 is 5.94. The number of hydrogen-bond acceptors (Lipinski definition) is 4. The maximum Gasteiger partial charge on any atom is 0.133 e. The van der Waals surface area contributed by atoms with Gasteiger partial charge >= 0.3 is 0 Å². The first-order valence-electron chi connectivity index (χ1n) is 9.58. The Balaban J connectivity index is 1.90. The van der Waals surface area contributed by atoms with E-state index in [4.69, 9.17) is 10.00 Å². The fourth-order valence-electron chi connectivity index (χ4n) is 2.78. The van der Waals surface area contributed by atoms with Gasteiger partial charge in [0.25, 0.3) is 0 Å². The lowest BCUT2D eigenvalue weighted by Crippen LogP contribution is -2.07. The molecule has 0 saturated heterocycles. The minimum Gasteiger partial charge on any atom is -0.507 e. The van der Waals surface area contributed by atoms with Gasteiger partial charge < -0.3 is 9.84 Å². The lowest BCUT2D eigenvalue weighted by Gasteiger charge is -2.15. The molecule has 4 heteroatoms. The van der Waals surface area contributed by atoms with E-state index in [-0.39, 0.29) is 11.2 Å². The minimum atomic E-state index is -0.242. The number of ether oxygens (including phenoxy) is 1. The van der Waals surface area contributed by atoms with Gasteiger partial charge in [-0.1, -0.05) is 49.7 Å². The normalized spacial score (nSPS) is 11.2. The fourth-order valence-corrected chi connectivity index (χ4v) is 3.69. The molecule has 0 aliphatic heterocycles. The predicted molar refractivity (Wildman–Crippen MR) is 111 cm³/mol. The summed E-state index contributed by atoms with van der Waals surface area (Å²) in [6.45, 7) is 6.69. The monoisotopic (exact) mass is 383 g/mol. The zero-order valence-electron chi connectivity index (χ0n) is 16.5. The largest absolute Gasteiger partial charge is 0.507 e. The standard InChI is InChI=1S/C23H29NO2S/c1-4-18-15-22(27-19-11-7-5-8-12-19)20(25)16-21(18)26-14-10-6-9-13-23(2,3)17-24/h5,7-8,11-12,15-16,25H,4,6,9-10,13-14H2,1-3H3. The number of aryl methyl sites for hydroxylation is 1. The quantitative estimate of drug-likeness (QED) is 0.470. The molecule has 0 radical (unpaired) electrons. The topological polar surface area (TPSA) is 53.2 Å². The first-order chi connectivity index (χ1) is 12.9. The summed E-state index contributed by atoms with van der Waals surface area (Å²) in [7, 11) is 0. The van der Waals surface area contributed by atoms with Gasteiger partial charge in [-0.3, -0.25) is 0 Å². The van der Waals surface area contributed by atoms with E-state index in [0.717, 1.165) is 53.2 Å². The molecule has 27 heavy (non-hydrogen) atoms. The van der Waals surface area contributed by atoms with E-state index in [2.05, 4.69) is 13.0 Å². The van der Waals surface area contributed by atoms with Gasteiger partial charge in [0, 0.05) is 11.0 Å². The maximum atomic E-state index is 10.4. The van der Waals surface area contributed by atoms with E-state index in [1.54, 1.807) is 17.8 Å². The Kier molecular flexibility index (Phi) is 8.06. The molecule has 0 spiro atoms. The molecule has 0 unspecified atom stereocenters. The van der Waals surface area contributed by atoms with Gasteiger partial charge in [0.15, 0.2) is 0 Å². The molecule has 2 rings (SSSR count). The summed E-state index contributed by atoms with van der Waals surface area (Å²) in [4.78, 5) is 1.95. The van der Waals surface area contributed by atoms with Gasteiger partial charge in [-0.25, -0.2) is 0 Å². The van der Waals surface area contributed by atoms with Crippen LogP contribution < -0.4 is 4.74 Å². The third-order valence-corrected chi connectivity index (χ3v) is 5.56. The number of aromatic hydroxyl groups is 1. The second kappa shape index (κ2) is 10.3. The van der Waals surface area contributed by atoms with Crippen molar-refractivity contribution in [1.29, 1.82) is 5.26 Å². The average molecular weight is 384 g/mol. The molecular weight excluding hydrogens is 354 g/mol. The molecule has 2 aromatic carbocycles. The fraction of sp³-hybridized carbons (Fsp3) is 0.435. The third kappa shape index (κ3) is 6.84. The van der Waals surface area contributed by atoms with Crippen molar-refractivity contribution in [2.75, 3.05) is 6.61 Å². The van der Waals surface area contributed by atoms with Gasteiger partial charge in [-0.2, -0.15) is 5.26 Å². The zero-order chi connectivity index (χ0) is 19.7. The minimum absolute atomic E-state index is 0.242. The molecule has 144 valence electrons. The van der Waals surface area contributed by atoms with Crippen molar-refractivity contribution in [2.24, 2.45) is 5.41 Å². The van der Waals surface area contributed by atoms with Gasteiger partial charge in [0.05, 0.1) is 23.0 Å². The molecule has 0 heterocycles. The van der Waals surface area contributed by atoms with Gasteiger partial charge in [0.1, 0.15) is 11.5 Å². The van der Waals surface area contributed by atoms with Crippen molar-refractivity contribution in [3.63, 3.8) is 0 Å². The molecule has 0 aliphatic rings. The van der Waals surface area contributed by atoms with Gasteiger partial charge in [0.2, 0.25) is 0 Å². The van der Waals surface area contributed by atoms with E-state index in [0.29, 0.717) is 6.61 Å². The average Bonchev–Trinajstić information content (AvgIpc) is 2.67. The zero-order valence-corrected chi connectivity index (χ0v) is 17.3. The van der Waals surface area contributed by atoms with Crippen LogP contribution in [0.25, 0.3) is 0 Å². The van der Waals surface area contributed by atoms with Crippen LogP contribution in [0.1, 0.15) is 52.0 Å². The molecule has 0 aromatic heterocycles. The first-order valence-corrected chi connectivity index (χ1v) is 10.4. The summed E-state index contributed by atoms with van der Waals surface area (Å²) in [5.41, 5.74) is 0.866. The van der Waals surface area contributed by atoms with Crippen LogP contribution in [0.3, 0.4) is 0 Å². The van der Waals surface area contributed by atoms with Crippen LogP contribution in [0, 0.1) is 16.7 Å². The van der Waals surface area contributed by atoms with E-state index in [9.17, 15) is 5.11 Å². The predicted octanol–water partition coefficient (Wildman–Crippen LogP) is 6.59. The van der Waals surface area contributed by atoms with Crippen molar-refractivity contribution in [3.05, 3.63) is 48.0 Å². The number of phenolic OH excluding ortho intramolecular Hbond substituents is 1. The SMILES string of the molecule is CCc1cc(Sc2ccccc2)c(O)cc1OCCCCCC(C)(C)C#N. The van der Waals surface area contributed by atoms with Gasteiger partial charge in [-0.05, 0) is 56.9 Å². The Morgan fingerprint density at radius 2 is 1.85 bits per heavy atom. The molecule has 2 aromatic rings. The maximum absolute atomic E-state index is 10.4. The van der Waals surface area contributed by atoms with E-state index < -0.39 is 0 Å². The highest BCUT2D eigenvalue weighted by atomic mass is 32.2. The molecule has 0 fully saturated rings. The second-order valence-electron chi connectivity index (χ2n) is 7.35. The van der Waals surface area contributed by atoms with Crippen LogP contribution >= 0.6 is 11.8 Å². The van der Waals surface area contributed by atoms with Crippen LogP contribution in [0.4, 0.5) is 0 Å². The Labute approximate surface area is 167 Å². The summed E-state index contributed by atoms with van der Waals surface area (Å²) in [5.74, 6) is 1.02. The van der Waals surface area contributed by atoms with Crippen molar-refractivity contribution < 1.29 is 9.84 Å². The highest BCUT2D eigenvalue weighted by molar-refractivity contribution is 7.99. The summed E-state index contributed by atoms with van der Waals surface area (Å²) in [5, 5.41) is 19.4. The van der Waals surface area contributed by atoms with Crippen molar-refractivity contribution in [3.8, 4) is 17.6 Å². The summed E-state index contributed by atoms with van der Waals surface area (Å²) >= 11 is 1.56. The Bertz CT molecular complexity index is 766. The number of nitriles is 1. The van der Waals surface area contributed by atoms with Gasteiger partial charge in [-0.15, -0.1) is 0 Å². The van der Waals surface area contributed by atoms with E-state index >= 15 is 0 Å². The van der Waals surface area contributed by atoms with Crippen LogP contribution in [0.2, 0.25) is 0 Å². The molecule has 0 saturated carbocycles. The van der Waals surface area contributed by atoms with Crippen LogP contribution in [0.15, 0.2) is 52.3 Å². The van der Waals surface area contributed by atoms with Crippen molar-refractivity contribution in [1.82, 2.24) is 0 Å². The van der Waals surface area contributed by atoms with E-state index in [1.807, 2.05) is 50.2 Å². The molecular formula is C23H29NO2S. The molecule has 0 atom stereocenters. The Hall–Kier alpha value is -2.12. The number of phenols is 1. The van der Waals surface area contributed by atoms with E-state index in [1.165, 1.54) is 0 Å². The van der Waals surface area contributed by atoms with Crippen LogP contribution in [-0.2, 0) is 6.42 Å². The molecule has 0 aliphatic carbocycles. The molecule has 3 nitrogen and oxygen atoms in total. The number of rotatable bonds is 10. The van der Waals surface area contributed by atoms with Crippen LogP contribution in [-0.4, -0.2) is 11.7 Å². The summed E-state index contributed by atoms with van der Waals surface area (Å²) in [6, 6.07) is 16.2. The Morgan fingerprint density at radius 3 is 2.52 bits per heavy atom. The molecule has 1 N–H and O–H groups in total. The Morgan fingerprint density at radius 1 is 1.11 bits per heavy atom. The molecule has 0 bridgehead atoms. The molecule has 0 amide bonds. The number of benzene rings is 2. The lowest BCUT2D eigenvalue weighted by molar-refractivity contribution is 0.295. The summed E-state index contributed by atoms with van der Waals surface area (Å²) in [6.07, 6.45) is 4.79. The third-order valence-electron chi connectivity index (χ3n) is 4.50.